The summed E-state index contributed by atoms with van der Waals surface area (Å²) >= 11 is 0. The molecule has 4 rings (SSSR count). The molecule has 5 nitrogen and oxygen atoms in total. The van der Waals surface area contributed by atoms with Crippen LogP contribution >= 0.6 is 24.0 Å². The van der Waals surface area contributed by atoms with E-state index in [0.29, 0.717) is 18.6 Å². The topological polar surface area (TPSA) is 42.9 Å². The molecule has 0 radical (unpaired) electrons. The van der Waals surface area contributed by atoms with Gasteiger partial charge in [-0.25, -0.2) is 4.99 Å². The molecule has 154 valence electrons. The smallest absolute Gasteiger partial charge is 0.191 e. The Morgan fingerprint density at radius 2 is 2.00 bits per heavy atom. The van der Waals surface area contributed by atoms with Gasteiger partial charge in [0.15, 0.2) is 5.96 Å². The van der Waals surface area contributed by atoms with E-state index in [1.165, 1.54) is 30.5 Å². The van der Waals surface area contributed by atoms with Crippen LogP contribution in [0.5, 0.6) is 0 Å². The maximum atomic E-state index is 4.87. The van der Waals surface area contributed by atoms with Gasteiger partial charge in [0.2, 0.25) is 0 Å². The molecule has 3 aliphatic rings. The molecule has 28 heavy (non-hydrogen) atoms. The monoisotopic (exact) mass is 495 g/mol. The zero-order valence-corrected chi connectivity index (χ0v) is 19.4. The van der Waals surface area contributed by atoms with E-state index >= 15 is 0 Å². The van der Waals surface area contributed by atoms with Gasteiger partial charge < -0.3 is 15.5 Å². The number of aliphatic imine (C=N–C) groups is 1. The number of nitrogens with one attached hydrogen (secondary N) is 2. The first-order valence-electron chi connectivity index (χ1n) is 10.5. The minimum absolute atomic E-state index is 0. The maximum absolute atomic E-state index is 4.87. The summed E-state index contributed by atoms with van der Waals surface area (Å²) in [7, 11) is 0. The standard InChI is InChI=1S/C22H33N5.HI/c1-3-23-22(25-19-13-17(2)27(16-19)20-9-10-20)24-15-18-7-6-8-21(14-18)26-11-4-5-12-26;/h4-8,14,17,19-20H,3,9-13,15-16H2,1-2H3,(H2,23,24,25);1H. The van der Waals surface area contributed by atoms with Crippen molar-refractivity contribution in [2.75, 3.05) is 31.1 Å². The van der Waals surface area contributed by atoms with Gasteiger partial charge in [-0.2, -0.15) is 0 Å². The molecule has 2 fully saturated rings. The molecule has 2 heterocycles. The van der Waals surface area contributed by atoms with Gasteiger partial charge in [0.25, 0.3) is 0 Å². The number of rotatable bonds is 6. The summed E-state index contributed by atoms with van der Waals surface area (Å²) in [6, 6.07) is 10.8. The summed E-state index contributed by atoms with van der Waals surface area (Å²) in [5.74, 6) is 0.945. The van der Waals surface area contributed by atoms with E-state index < -0.39 is 0 Å². The maximum Gasteiger partial charge on any atom is 0.191 e. The van der Waals surface area contributed by atoms with Crippen molar-refractivity contribution in [2.45, 2.75) is 57.8 Å². The van der Waals surface area contributed by atoms with Gasteiger partial charge in [0, 0.05) is 50.0 Å². The van der Waals surface area contributed by atoms with Crippen molar-refractivity contribution < 1.29 is 0 Å². The predicted molar refractivity (Wildman–Crippen MR) is 129 cm³/mol. The minimum atomic E-state index is 0. The van der Waals surface area contributed by atoms with Crippen LogP contribution in [0.2, 0.25) is 0 Å². The van der Waals surface area contributed by atoms with Crippen molar-refractivity contribution in [3.05, 3.63) is 42.0 Å². The van der Waals surface area contributed by atoms with Crippen molar-refractivity contribution >= 4 is 35.6 Å². The fourth-order valence-electron chi connectivity index (χ4n) is 4.30. The van der Waals surface area contributed by atoms with Crippen LogP contribution in [0.25, 0.3) is 0 Å². The van der Waals surface area contributed by atoms with Gasteiger partial charge >= 0.3 is 0 Å². The molecule has 2 unspecified atom stereocenters. The Bertz CT molecular complexity index is 692. The average Bonchev–Trinajstić information content (AvgIpc) is 3.22. The van der Waals surface area contributed by atoms with E-state index in [-0.39, 0.29) is 24.0 Å². The van der Waals surface area contributed by atoms with Crippen LogP contribution in [-0.2, 0) is 6.54 Å². The summed E-state index contributed by atoms with van der Waals surface area (Å²) in [6.07, 6.45) is 8.43. The number of nitrogens with zero attached hydrogens (tertiary/aromatic N) is 3. The Hall–Kier alpha value is -1.28. The van der Waals surface area contributed by atoms with E-state index in [4.69, 9.17) is 4.99 Å². The summed E-state index contributed by atoms with van der Waals surface area (Å²) in [5, 5.41) is 7.10. The van der Waals surface area contributed by atoms with Crippen LogP contribution in [0.4, 0.5) is 5.69 Å². The molecule has 2 atom stereocenters. The molecule has 1 aromatic carbocycles. The average molecular weight is 495 g/mol. The molecule has 0 aromatic heterocycles. The lowest BCUT2D eigenvalue weighted by Crippen LogP contribution is -2.44. The highest BCUT2D eigenvalue weighted by atomic mass is 127. The first-order chi connectivity index (χ1) is 13.2. The van der Waals surface area contributed by atoms with E-state index in [9.17, 15) is 0 Å². The van der Waals surface area contributed by atoms with Crippen LogP contribution in [-0.4, -0.2) is 55.2 Å². The third-order valence-corrected chi connectivity index (χ3v) is 5.84. The largest absolute Gasteiger partial charge is 0.364 e. The third-order valence-electron chi connectivity index (χ3n) is 5.84. The fourth-order valence-corrected chi connectivity index (χ4v) is 4.30. The van der Waals surface area contributed by atoms with Crippen LogP contribution in [0.1, 0.15) is 38.7 Å². The Balaban J connectivity index is 0.00000225. The molecule has 2 N–H and O–H groups in total. The van der Waals surface area contributed by atoms with Crippen molar-refractivity contribution in [1.29, 1.82) is 0 Å². The molecule has 0 spiro atoms. The van der Waals surface area contributed by atoms with E-state index in [0.717, 1.165) is 38.2 Å². The second-order valence-corrected chi connectivity index (χ2v) is 8.10. The second kappa shape index (κ2) is 9.96. The lowest BCUT2D eigenvalue weighted by atomic mass is 10.2. The molecule has 0 amide bonds. The molecule has 2 aliphatic heterocycles. The highest BCUT2D eigenvalue weighted by Gasteiger charge is 2.38. The Morgan fingerprint density at radius 1 is 1.21 bits per heavy atom. The van der Waals surface area contributed by atoms with Crippen molar-refractivity contribution in [2.24, 2.45) is 4.99 Å². The fraction of sp³-hybridized carbons (Fsp3) is 0.591. The summed E-state index contributed by atoms with van der Waals surface area (Å²) in [6.45, 7) is 9.25. The lowest BCUT2D eigenvalue weighted by molar-refractivity contribution is 0.256. The first kappa shape index (κ1) is 21.4. The van der Waals surface area contributed by atoms with Crippen LogP contribution < -0.4 is 15.5 Å². The lowest BCUT2D eigenvalue weighted by Gasteiger charge is -2.20. The molecule has 1 aromatic rings. The van der Waals surface area contributed by atoms with Crippen LogP contribution in [0.15, 0.2) is 41.4 Å². The highest BCUT2D eigenvalue weighted by molar-refractivity contribution is 14.0. The van der Waals surface area contributed by atoms with E-state index in [1.54, 1.807) is 0 Å². The van der Waals surface area contributed by atoms with Gasteiger partial charge in [-0.15, -0.1) is 24.0 Å². The Morgan fingerprint density at radius 3 is 2.71 bits per heavy atom. The van der Waals surface area contributed by atoms with Gasteiger partial charge in [-0.1, -0.05) is 24.3 Å². The third kappa shape index (κ3) is 5.41. The number of likely N-dealkylation sites (tertiary alicyclic amines) is 1. The summed E-state index contributed by atoms with van der Waals surface area (Å²) < 4.78 is 0. The quantitative estimate of drug-likeness (QED) is 0.275. The highest BCUT2D eigenvalue weighted by Crippen LogP contribution is 2.33. The van der Waals surface area contributed by atoms with Crippen molar-refractivity contribution in [3.8, 4) is 0 Å². The van der Waals surface area contributed by atoms with Crippen LogP contribution in [0.3, 0.4) is 0 Å². The number of halogens is 1. The summed E-state index contributed by atoms with van der Waals surface area (Å²) in [5.41, 5.74) is 2.55. The predicted octanol–water partition coefficient (Wildman–Crippen LogP) is 3.36. The molecular formula is C22H34IN5. The molecule has 6 heteroatoms. The SMILES string of the molecule is CCNC(=NCc1cccc(N2CC=CC2)c1)NC1CC(C)N(C2CC2)C1.I. The zero-order valence-electron chi connectivity index (χ0n) is 17.1. The van der Waals surface area contributed by atoms with E-state index in [1.807, 2.05) is 0 Å². The number of hydrogen-bond acceptors (Lipinski definition) is 3. The van der Waals surface area contributed by atoms with Crippen molar-refractivity contribution in [3.63, 3.8) is 0 Å². The normalized spacial score (nSPS) is 25.1. The number of anilines is 1. The molecule has 1 aliphatic carbocycles. The molecule has 1 saturated heterocycles. The second-order valence-electron chi connectivity index (χ2n) is 8.10. The molecule has 0 bridgehead atoms. The Labute approximate surface area is 186 Å². The van der Waals surface area contributed by atoms with Gasteiger partial charge in [-0.3, -0.25) is 4.90 Å². The summed E-state index contributed by atoms with van der Waals surface area (Å²) in [4.78, 5) is 9.92. The molecular weight excluding hydrogens is 461 g/mol. The number of hydrogen-bond donors (Lipinski definition) is 2. The van der Waals surface area contributed by atoms with Crippen molar-refractivity contribution in [1.82, 2.24) is 15.5 Å². The van der Waals surface area contributed by atoms with Gasteiger partial charge in [0.1, 0.15) is 0 Å². The van der Waals surface area contributed by atoms with E-state index in [2.05, 4.69) is 70.7 Å². The van der Waals surface area contributed by atoms with Gasteiger partial charge in [0.05, 0.1) is 6.54 Å². The first-order valence-corrected chi connectivity index (χ1v) is 10.5. The Kier molecular flexibility index (Phi) is 7.62. The van der Waals surface area contributed by atoms with Crippen LogP contribution in [0, 0.1) is 0 Å². The number of guanidine groups is 1. The minimum Gasteiger partial charge on any atom is -0.364 e. The number of benzene rings is 1. The molecule has 1 saturated carbocycles. The van der Waals surface area contributed by atoms with Gasteiger partial charge in [-0.05, 0) is 50.8 Å². The zero-order chi connectivity index (χ0) is 18.6.